The van der Waals surface area contributed by atoms with Crippen LogP contribution in [0.15, 0.2) is 54.6 Å². The van der Waals surface area contributed by atoms with Crippen molar-refractivity contribution in [3.8, 4) is 0 Å². The number of aliphatic carboxylic acids is 1. The van der Waals surface area contributed by atoms with Crippen LogP contribution in [0.3, 0.4) is 0 Å². The lowest BCUT2D eigenvalue weighted by Crippen LogP contribution is -2.28. The molecule has 2 N–H and O–H groups in total. The quantitative estimate of drug-likeness (QED) is 0.883. The van der Waals surface area contributed by atoms with Crippen LogP contribution in [-0.2, 0) is 15.0 Å². The van der Waals surface area contributed by atoms with E-state index in [1.807, 2.05) is 37.3 Å². The van der Waals surface area contributed by atoms with Crippen molar-refractivity contribution < 1.29 is 14.7 Å². The molecule has 0 aromatic heterocycles. The van der Waals surface area contributed by atoms with Crippen LogP contribution in [0, 0.1) is 0 Å². The molecule has 4 heteroatoms. The predicted molar refractivity (Wildman–Crippen MR) is 90.6 cm³/mol. The van der Waals surface area contributed by atoms with Crippen LogP contribution in [0.25, 0.3) is 0 Å². The van der Waals surface area contributed by atoms with Gasteiger partial charge in [-0.1, -0.05) is 42.5 Å². The van der Waals surface area contributed by atoms with E-state index in [0.717, 1.165) is 5.56 Å². The zero-order chi connectivity index (χ0) is 17.0. The number of hydrogen-bond acceptors (Lipinski definition) is 2. The van der Waals surface area contributed by atoms with Gasteiger partial charge in [-0.15, -0.1) is 0 Å². The molecule has 120 valence electrons. The van der Waals surface area contributed by atoms with Gasteiger partial charge in [0.15, 0.2) is 0 Å². The molecular formula is C19H21NO3. The topological polar surface area (TPSA) is 66.4 Å². The molecule has 2 rings (SSSR count). The van der Waals surface area contributed by atoms with Crippen molar-refractivity contribution in [1.82, 2.24) is 0 Å². The molecule has 0 bridgehead atoms. The van der Waals surface area contributed by atoms with Crippen LogP contribution in [0.1, 0.15) is 37.8 Å². The molecule has 0 saturated carbocycles. The van der Waals surface area contributed by atoms with E-state index in [1.165, 1.54) is 0 Å². The first-order chi connectivity index (χ1) is 10.8. The van der Waals surface area contributed by atoms with E-state index in [0.29, 0.717) is 11.3 Å². The molecule has 0 saturated heterocycles. The predicted octanol–water partition coefficient (Wildman–Crippen LogP) is 3.79. The first-order valence-corrected chi connectivity index (χ1v) is 7.52. The molecule has 0 radical (unpaired) electrons. The molecular weight excluding hydrogens is 290 g/mol. The maximum absolute atomic E-state index is 12.3. The van der Waals surface area contributed by atoms with Crippen LogP contribution in [-0.4, -0.2) is 17.0 Å². The molecule has 23 heavy (non-hydrogen) atoms. The Morgan fingerprint density at radius 3 is 2.09 bits per heavy atom. The summed E-state index contributed by atoms with van der Waals surface area (Å²) in [5, 5.41) is 12.1. The van der Waals surface area contributed by atoms with Crippen LogP contribution in [0.4, 0.5) is 5.69 Å². The van der Waals surface area contributed by atoms with Crippen molar-refractivity contribution in [3.05, 3.63) is 65.7 Å². The van der Waals surface area contributed by atoms with Gasteiger partial charge in [-0.3, -0.25) is 9.59 Å². The minimum absolute atomic E-state index is 0.0959. The SMILES string of the molecule is C[C@H](C(=O)Nc1ccc(C(C)(C)C(=O)O)cc1)c1ccccc1. The largest absolute Gasteiger partial charge is 0.481 e. The van der Waals surface area contributed by atoms with Gasteiger partial charge in [-0.25, -0.2) is 0 Å². The lowest BCUT2D eigenvalue weighted by Gasteiger charge is -2.20. The number of carboxylic acids is 1. The average molecular weight is 311 g/mol. The number of carbonyl (C=O) groups excluding carboxylic acids is 1. The van der Waals surface area contributed by atoms with E-state index in [4.69, 9.17) is 0 Å². The number of rotatable bonds is 5. The molecule has 0 aliphatic carbocycles. The van der Waals surface area contributed by atoms with Crippen LogP contribution in [0.2, 0.25) is 0 Å². The third-order valence-corrected chi connectivity index (χ3v) is 4.10. The minimum Gasteiger partial charge on any atom is -0.481 e. The van der Waals surface area contributed by atoms with Gasteiger partial charge in [-0.2, -0.15) is 0 Å². The van der Waals surface area contributed by atoms with Crippen molar-refractivity contribution >= 4 is 17.6 Å². The summed E-state index contributed by atoms with van der Waals surface area (Å²) in [4.78, 5) is 23.6. The van der Waals surface area contributed by atoms with Crippen LogP contribution in [0.5, 0.6) is 0 Å². The summed E-state index contributed by atoms with van der Waals surface area (Å²) in [5.74, 6) is -1.24. The molecule has 0 aliphatic rings. The first-order valence-electron chi connectivity index (χ1n) is 7.52. The molecule has 4 nitrogen and oxygen atoms in total. The molecule has 0 unspecified atom stereocenters. The Bertz CT molecular complexity index is 690. The Kier molecular flexibility index (Phi) is 4.84. The highest BCUT2D eigenvalue weighted by Crippen LogP contribution is 2.25. The number of carbonyl (C=O) groups is 2. The van der Waals surface area contributed by atoms with Gasteiger partial charge in [-0.05, 0) is 44.0 Å². The van der Waals surface area contributed by atoms with E-state index < -0.39 is 11.4 Å². The smallest absolute Gasteiger partial charge is 0.313 e. The van der Waals surface area contributed by atoms with E-state index in [2.05, 4.69) is 5.32 Å². The summed E-state index contributed by atoms with van der Waals surface area (Å²) in [6, 6.07) is 16.5. The fraction of sp³-hybridized carbons (Fsp3) is 0.263. The fourth-order valence-electron chi connectivity index (χ4n) is 2.24. The molecule has 2 aromatic carbocycles. The van der Waals surface area contributed by atoms with Gasteiger partial charge in [0, 0.05) is 5.69 Å². The highest BCUT2D eigenvalue weighted by molar-refractivity contribution is 5.95. The molecule has 1 amide bonds. The standard InChI is InChI=1S/C19H21NO3/c1-13(14-7-5-4-6-8-14)17(21)20-16-11-9-15(10-12-16)19(2,3)18(22)23/h4-13H,1-3H3,(H,20,21)(H,22,23)/t13-/m0/s1. The van der Waals surface area contributed by atoms with Crippen molar-refractivity contribution in [2.45, 2.75) is 32.1 Å². The van der Waals surface area contributed by atoms with Gasteiger partial charge in [0.2, 0.25) is 5.91 Å². The summed E-state index contributed by atoms with van der Waals surface area (Å²) >= 11 is 0. The normalized spacial score (nSPS) is 12.5. The van der Waals surface area contributed by atoms with Crippen molar-refractivity contribution in [3.63, 3.8) is 0 Å². The number of hydrogen-bond donors (Lipinski definition) is 2. The highest BCUT2D eigenvalue weighted by Gasteiger charge is 2.29. The Balaban J connectivity index is 2.09. The van der Waals surface area contributed by atoms with E-state index in [1.54, 1.807) is 38.1 Å². The number of anilines is 1. The lowest BCUT2D eigenvalue weighted by molar-refractivity contribution is -0.142. The zero-order valence-electron chi connectivity index (χ0n) is 13.5. The molecule has 0 heterocycles. The van der Waals surface area contributed by atoms with Gasteiger partial charge in [0.25, 0.3) is 0 Å². The molecule has 0 aliphatic heterocycles. The zero-order valence-corrected chi connectivity index (χ0v) is 13.5. The van der Waals surface area contributed by atoms with Crippen molar-refractivity contribution in [2.24, 2.45) is 0 Å². The average Bonchev–Trinajstić information content (AvgIpc) is 2.55. The summed E-state index contributed by atoms with van der Waals surface area (Å²) < 4.78 is 0. The van der Waals surface area contributed by atoms with Gasteiger partial charge in [0.1, 0.15) is 0 Å². The third-order valence-electron chi connectivity index (χ3n) is 4.10. The van der Waals surface area contributed by atoms with Gasteiger partial charge >= 0.3 is 5.97 Å². The van der Waals surface area contributed by atoms with E-state index in [-0.39, 0.29) is 11.8 Å². The second-order valence-corrected chi connectivity index (χ2v) is 6.13. The second kappa shape index (κ2) is 6.65. The maximum Gasteiger partial charge on any atom is 0.313 e. The highest BCUT2D eigenvalue weighted by atomic mass is 16.4. The Morgan fingerprint density at radius 2 is 1.57 bits per heavy atom. The summed E-state index contributed by atoms with van der Waals surface area (Å²) in [6.07, 6.45) is 0. The minimum atomic E-state index is -0.958. The summed E-state index contributed by atoms with van der Waals surface area (Å²) in [5.41, 5.74) is 1.34. The number of nitrogens with one attached hydrogen (secondary N) is 1. The van der Waals surface area contributed by atoms with Crippen molar-refractivity contribution in [2.75, 3.05) is 5.32 Å². The number of carboxylic acid groups (broad SMARTS) is 1. The summed E-state index contributed by atoms with van der Waals surface area (Å²) in [6.45, 7) is 5.16. The summed E-state index contributed by atoms with van der Waals surface area (Å²) in [7, 11) is 0. The number of benzene rings is 2. The Hall–Kier alpha value is -2.62. The van der Waals surface area contributed by atoms with E-state index in [9.17, 15) is 14.7 Å². The monoisotopic (exact) mass is 311 g/mol. The van der Waals surface area contributed by atoms with Crippen LogP contribution >= 0.6 is 0 Å². The molecule has 0 spiro atoms. The Morgan fingerprint density at radius 1 is 1.00 bits per heavy atom. The van der Waals surface area contributed by atoms with Gasteiger partial charge in [0.05, 0.1) is 11.3 Å². The molecule has 2 aromatic rings. The van der Waals surface area contributed by atoms with Crippen molar-refractivity contribution in [1.29, 1.82) is 0 Å². The van der Waals surface area contributed by atoms with Crippen LogP contribution < -0.4 is 5.32 Å². The number of amides is 1. The third kappa shape index (κ3) is 3.77. The van der Waals surface area contributed by atoms with E-state index >= 15 is 0 Å². The Labute approximate surface area is 136 Å². The lowest BCUT2D eigenvalue weighted by atomic mass is 9.85. The maximum atomic E-state index is 12.3. The fourth-order valence-corrected chi connectivity index (χ4v) is 2.24. The molecule has 0 fully saturated rings. The molecule has 1 atom stereocenters. The van der Waals surface area contributed by atoms with Gasteiger partial charge < -0.3 is 10.4 Å². The first kappa shape index (κ1) is 16.7. The second-order valence-electron chi connectivity index (χ2n) is 6.13.